The maximum Gasteiger partial charge on any atom is 0.109 e. The van der Waals surface area contributed by atoms with Gasteiger partial charge in [-0.05, 0) is 98.0 Å². The first-order chi connectivity index (χ1) is 25.7. The Morgan fingerprint density at radius 3 is 1.96 bits per heavy atom. The molecule has 0 aliphatic carbocycles. The molecule has 2 nitrogen and oxygen atoms in total. The van der Waals surface area contributed by atoms with Crippen molar-refractivity contribution in [3.05, 3.63) is 196 Å². The average molecular weight is 797 g/mol. The van der Waals surface area contributed by atoms with E-state index in [0.29, 0.717) is 0 Å². The van der Waals surface area contributed by atoms with E-state index >= 15 is 0 Å². The number of fused-ring (bicyclic) bond motifs is 7. The fourth-order valence-electron chi connectivity index (χ4n) is 7.94. The third kappa shape index (κ3) is 5.20. The zero-order valence-corrected chi connectivity index (χ0v) is 31.2. The maximum absolute atomic E-state index is 4.00. The van der Waals surface area contributed by atoms with E-state index in [0.717, 1.165) is 12.1 Å². The van der Waals surface area contributed by atoms with Gasteiger partial charge in [0, 0.05) is 41.4 Å². The van der Waals surface area contributed by atoms with Gasteiger partial charge in [-0.25, -0.2) is 0 Å². The number of halogens is 1. The fraction of sp³-hybridized carbons (Fsp3) is 0.0417. The van der Waals surface area contributed by atoms with Crippen LogP contribution in [0.15, 0.2) is 176 Å². The lowest BCUT2D eigenvalue weighted by Crippen LogP contribution is -2.18. The summed E-state index contributed by atoms with van der Waals surface area (Å²) in [4.78, 5) is 1.27. The van der Waals surface area contributed by atoms with Gasteiger partial charge in [0.1, 0.15) is 4.83 Å². The largest absolute Gasteiger partial charge is 0.377 e. The van der Waals surface area contributed by atoms with E-state index in [2.05, 4.69) is 208 Å². The van der Waals surface area contributed by atoms with E-state index in [1.807, 2.05) is 11.3 Å². The average Bonchev–Trinajstić information content (AvgIpc) is 3.64. The minimum Gasteiger partial charge on any atom is -0.377 e. The first kappa shape index (κ1) is 31.3. The molecule has 1 atom stereocenters. The number of thiophene rings is 1. The highest BCUT2D eigenvalue weighted by Gasteiger charge is 2.25. The van der Waals surface area contributed by atoms with Gasteiger partial charge >= 0.3 is 0 Å². The van der Waals surface area contributed by atoms with Crippen LogP contribution in [0, 0.1) is 3.57 Å². The molecule has 0 saturated heterocycles. The SMILES string of the molecule is Ic1c(-c2ccccc2)c2sc3c(c4cc(C5=CC(c6ccccc6)=CCC(c6ccccc6)N5)ccc4n3-c3ccccc3)c2c2ccccc12. The highest BCUT2D eigenvalue weighted by atomic mass is 127. The molecule has 10 rings (SSSR count). The van der Waals surface area contributed by atoms with E-state index in [1.54, 1.807) is 0 Å². The Balaban J connectivity index is 1.28. The van der Waals surface area contributed by atoms with Crippen molar-refractivity contribution in [3.63, 3.8) is 0 Å². The summed E-state index contributed by atoms with van der Waals surface area (Å²) in [6, 6.07) is 59.6. The highest BCUT2D eigenvalue weighted by Crippen LogP contribution is 2.50. The summed E-state index contributed by atoms with van der Waals surface area (Å²) in [6.07, 6.45) is 5.63. The van der Waals surface area contributed by atoms with E-state index < -0.39 is 0 Å². The predicted octanol–water partition coefficient (Wildman–Crippen LogP) is 13.6. The number of hydrogen-bond acceptors (Lipinski definition) is 2. The van der Waals surface area contributed by atoms with Gasteiger partial charge in [-0.1, -0.05) is 146 Å². The Labute approximate surface area is 320 Å². The predicted molar refractivity (Wildman–Crippen MR) is 231 cm³/mol. The Hall–Kier alpha value is -5.43. The lowest BCUT2D eigenvalue weighted by Gasteiger charge is -2.20. The molecule has 0 spiro atoms. The van der Waals surface area contributed by atoms with E-state index in [-0.39, 0.29) is 6.04 Å². The Morgan fingerprint density at radius 1 is 0.596 bits per heavy atom. The topological polar surface area (TPSA) is 17.0 Å². The van der Waals surface area contributed by atoms with Gasteiger partial charge in [0.15, 0.2) is 0 Å². The molecule has 2 aromatic heterocycles. The molecule has 3 heterocycles. The van der Waals surface area contributed by atoms with Gasteiger partial charge in [-0.15, -0.1) is 11.3 Å². The highest BCUT2D eigenvalue weighted by molar-refractivity contribution is 14.1. The van der Waals surface area contributed by atoms with E-state index in [4.69, 9.17) is 0 Å². The van der Waals surface area contributed by atoms with Gasteiger partial charge in [0.05, 0.1) is 11.6 Å². The van der Waals surface area contributed by atoms with Crippen molar-refractivity contribution in [2.45, 2.75) is 12.5 Å². The van der Waals surface area contributed by atoms with Crippen molar-refractivity contribution in [2.24, 2.45) is 0 Å². The minimum absolute atomic E-state index is 0.153. The Morgan fingerprint density at radius 2 is 1.23 bits per heavy atom. The molecule has 0 saturated carbocycles. The molecule has 1 aliphatic heterocycles. The standard InChI is InChI=1S/C48H33IN2S/c49-46-38-24-14-13-23-37(38)44-45-39-29-35(41-30-34(31-15-5-1-6-16-31)25-27-40(50-41)32-17-7-2-8-18-32)26-28-42(39)51(36-21-11-4-12-22-36)48(45)52-47(44)43(46)33-19-9-3-10-20-33/h1-26,28-30,40,50H,27H2. The van der Waals surface area contributed by atoms with Gasteiger partial charge in [-0.3, -0.25) is 0 Å². The molecule has 52 heavy (non-hydrogen) atoms. The van der Waals surface area contributed by atoms with Crippen LogP contribution in [0.3, 0.4) is 0 Å². The van der Waals surface area contributed by atoms with Gasteiger partial charge in [0.25, 0.3) is 0 Å². The van der Waals surface area contributed by atoms with Crippen LogP contribution in [0.2, 0.25) is 0 Å². The molecule has 0 fully saturated rings. The third-order valence-corrected chi connectivity index (χ3v) is 12.7. The van der Waals surface area contributed by atoms with Crippen LogP contribution in [0.4, 0.5) is 0 Å². The molecular weight excluding hydrogens is 764 g/mol. The lowest BCUT2D eigenvalue weighted by molar-refractivity contribution is 0.648. The number of nitrogens with zero attached hydrogens (tertiary/aromatic N) is 1. The van der Waals surface area contributed by atoms with Crippen LogP contribution in [0.1, 0.15) is 29.2 Å². The minimum atomic E-state index is 0.153. The fourth-order valence-corrected chi connectivity index (χ4v) is 10.6. The summed E-state index contributed by atoms with van der Waals surface area (Å²) in [7, 11) is 0. The van der Waals surface area contributed by atoms with Crippen LogP contribution < -0.4 is 5.32 Å². The zero-order valence-electron chi connectivity index (χ0n) is 28.3. The first-order valence-electron chi connectivity index (χ1n) is 17.7. The van der Waals surface area contributed by atoms with E-state index in [9.17, 15) is 0 Å². The number of rotatable bonds is 5. The summed E-state index contributed by atoms with van der Waals surface area (Å²) in [5, 5.41) is 10.5. The molecule has 9 aromatic rings. The quantitative estimate of drug-likeness (QED) is 0.172. The third-order valence-electron chi connectivity index (χ3n) is 10.4. The molecule has 0 bridgehead atoms. The summed E-state index contributed by atoms with van der Waals surface area (Å²) >= 11 is 4.50. The molecule has 4 heteroatoms. The molecule has 1 unspecified atom stereocenters. The monoisotopic (exact) mass is 796 g/mol. The zero-order chi connectivity index (χ0) is 34.6. The Kier molecular flexibility index (Phi) is 7.81. The van der Waals surface area contributed by atoms with Gasteiger partial charge < -0.3 is 9.88 Å². The first-order valence-corrected chi connectivity index (χ1v) is 19.6. The molecule has 7 aromatic carbocycles. The number of hydrogen-bond donors (Lipinski definition) is 1. The van der Waals surface area contributed by atoms with Crippen molar-refractivity contribution in [3.8, 4) is 16.8 Å². The van der Waals surface area contributed by atoms with Gasteiger partial charge in [0.2, 0.25) is 0 Å². The van der Waals surface area contributed by atoms with E-state index in [1.165, 1.54) is 84.6 Å². The Bertz CT molecular complexity index is 2830. The van der Waals surface area contributed by atoms with Crippen LogP contribution >= 0.6 is 33.9 Å². The van der Waals surface area contributed by atoms with Crippen LogP contribution in [0.5, 0.6) is 0 Å². The number of allylic oxidation sites excluding steroid dienone is 2. The summed E-state index contributed by atoms with van der Waals surface area (Å²) in [6.45, 7) is 0. The van der Waals surface area contributed by atoms with Crippen LogP contribution in [0.25, 0.3) is 70.1 Å². The van der Waals surface area contributed by atoms with Crippen molar-refractivity contribution >= 4 is 87.2 Å². The van der Waals surface area contributed by atoms with Crippen molar-refractivity contribution < 1.29 is 0 Å². The second-order valence-electron chi connectivity index (χ2n) is 13.4. The molecule has 1 aliphatic rings. The molecule has 1 N–H and O–H groups in total. The smallest absolute Gasteiger partial charge is 0.109 e. The summed E-state index contributed by atoms with van der Waals surface area (Å²) in [5.74, 6) is 0. The van der Waals surface area contributed by atoms with Crippen molar-refractivity contribution in [1.29, 1.82) is 0 Å². The van der Waals surface area contributed by atoms with Crippen LogP contribution in [-0.2, 0) is 0 Å². The number of para-hydroxylation sites is 1. The number of aromatic nitrogens is 1. The lowest BCUT2D eigenvalue weighted by atomic mass is 9.96. The molecule has 0 amide bonds. The van der Waals surface area contributed by atoms with Crippen LogP contribution in [-0.4, -0.2) is 4.57 Å². The summed E-state index contributed by atoms with van der Waals surface area (Å²) < 4.78 is 5.11. The second-order valence-corrected chi connectivity index (χ2v) is 15.5. The van der Waals surface area contributed by atoms with Crippen molar-refractivity contribution in [2.75, 3.05) is 0 Å². The molecule has 0 radical (unpaired) electrons. The number of benzene rings is 7. The molecule has 248 valence electrons. The van der Waals surface area contributed by atoms with Gasteiger partial charge in [-0.2, -0.15) is 0 Å². The second kappa shape index (κ2) is 13.0. The maximum atomic E-state index is 4.00. The molecular formula is C48H33IN2S. The normalized spacial score (nSPS) is 14.8. The summed E-state index contributed by atoms with van der Waals surface area (Å²) in [5.41, 5.74) is 11.0. The van der Waals surface area contributed by atoms with Crippen molar-refractivity contribution in [1.82, 2.24) is 9.88 Å². The number of nitrogens with one attached hydrogen (secondary N) is 1.